The van der Waals surface area contributed by atoms with Gasteiger partial charge in [0, 0.05) is 6.54 Å². The molecule has 1 fully saturated rings. The lowest BCUT2D eigenvalue weighted by Crippen LogP contribution is -2.45. The Balaban J connectivity index is 1.64. The van der Waals surface area contributed by atoms with Crippen LogP contribution in [0.1, 0.15) is 16.7 Å². The first-order valence-corrected chi connectivity index (χ1v) is 8.26. The number of carbonyl (C=O) groups is 2. The molecule has 1 heterocycles. The lowest BCUT2D eigenvalue weighted by Gasteiger charge is -2.21. The summed E-state index contributed by atoms with van der Waals surface area (Å²) in [5.41, 5.74) is 0.612. The van der Waals surface area contributed by atoms with Crippen LogP contribution in [0.15, 0.2) is 54.6 Å². The van der Waals surface area contributed by atoms with Crippen molar-refractivity contribution in [2.75, 3.05) is 6.61 Å². The van der Waals surface area contributed by atoms with E-state index in [1.54, 1.807) is 0 Å². The van der Waals surface area contributed by atoms with Gasteiger partial charge in [-0.2, -0.15) is 13.2 Å². The minimum atomic E-state index is -4.43. The van der Waals surface area contributed by atoms with Gasteiger partial charge in [-0.15, -0.1) is 0 Å². The SMILES string of the molecule is O=C(NCc1ccccc1)[C@@H]1COC(=O)N1Cc1ccc(C(F)(F)F)cc1. The van der Waals surface area contributed by atoms with E-state index in [9.17, 15) is 22.8 Å². The van der Waals surface area contributed by atoms with Crippen molar-refractivity contribution < 1.29 is 27.5 Å². The van der Waals surface area contributed by atoms with Crippen LogP contribution in [-0.4, -0.2) is 29.5 Å². The average molecular weight is 378 g/mol. The number of rotatable bonds is 5. The Kier molecular flexibility index (Phi) is 5.34. The van der Waals surface area contributed by atoms with Crippen LogP contribution >= 0.6 is 0 Å². The van der Waals surface area contributed by atoms with Crippen molar-refractivity contribution in [3.05, 3.63) is 71.3 Å². The van der Waals surface area contributed by atoms with E-state index < -0.39 is 23.9 Å². The number of hydrogen-bond acceptors (Lipinski definition) is 3. The van der Waals surface area contributed by atoms with Gasteiger partial charge >= 0.3 is 12.3 Å². The Morgan fingerprint density at radius 2 is 1.74 bits per heavy atom. The van der Waals surface area contributed by atoms with Crippen molar-refractivity contribution in [2.24, 2.45) is 0 Å². The number of nitrogens with zero attached hydrogens (tertiary/aromatic N) is 1. The molecule has 3 rings (SSSR count). The van der Waals surface area contributed by atoms with Gasteiger partial charge in [-0.05, 0) is 23.3 Å². The normalized spacial score (nSPS) is 16.9. The molecule has 0 bridgehead atoms. The van der Waals surface area contributed by atoms with Crippen molar-refractivity contribution in [1.82, 2.24) is 10.2 Å². The molecule has 142 valence electrons. The van der Waals surface area contributed by atoms with E-state index in [1.165, 1.54) is 17.0 Å². The van der Waals surface area contributed by atoms with E-state index in [1.807, 2.05) is 30.3 Å². The van der Waals surface area contributed by atoms with E-state index in [4.69, 9.17) is 4.74 Å². The first-order chi connectivity index (χ1) is 12.8. The predicted octanol–water partition coefficient (Wildman–Crippen LogP) is 3.34. The average Bonchev–Trinajstić information content (AvgIpc) is 3.01. The molecule has 2 aromatic carbocycles. The molecule has 1 aliphatic heterocycles. The molecular formula is C19H17F3N2O3. The quantitative estimate of drug-likeness (QED) is 0.868. The fourth-order valence-corrected chi connectivity index (χ4v) is 2.74. The molecular weight excluding hydrogens is 361 g/mol. The largest absolute Gasteiger partial charge is 0.447 e. The van der Waals surface area contributed by atoms with Gasteiger partial charge < -0.3 is 10.1 Å². The minimum Gasteiger partial charge on any atom is -0.447 e. The second-order valence-corrected chi connectivity index (χ2v) is 6.12. The second-order valence-electron chi connectivity index (χ2n) is 6.12. The summed E-state index contributed by atoms with van der Waals surface area (Å²) in [7, 11) is 0. The van der Waals surface area contributed by atoms with Gasteiger partial charge in [0.25, 0.3) is 0 Å². The van der Waals surface area contributed by atoms with Gasteiger partial charge in [0.05, 0.1) is 12.1 Å². The van der Waals surface area contributed by atoms with Crippen LogP contribution in [-0.2, 0) is 28.8 Å². The summed E-state index contributed by atoms with van der Waals surface area (Å²) in [6.07, 6.45) is -5.10. The monoisotopic (exact) mass is 378 g/mol. The van der Waals surface area contributed by atoms with Crippen LogP contribution in [0, 0.1) is 0 Å². The Bertz CT molecular complexity index is 807. The maximum atomic E-state index is 12.6. The van der Waals surface area contributed by atoms with Crippen LogP contribution in [0.4, 0.5) is 18.0 Å². The maximum Gasteiger partial charge on any atom is 0.416 e. The van der Waals surface area contributed by atoms with E-state index in [0.29, 0.717) is 12.1 Å². The van der Waals surface area contributed by atoms with Crippen LogP contribution in [0.2, 0.25) is 0 Å². The number of alkyl halides is 3. The molecule has 2 amide bonds. The molecule has 0 aromatic heterocycles. The summed E-state index contributed by atoms with van der Waals surface area (Å²) in [6, 6.07) is 12.9. The fourth-order valence-electron chi connectivity index (χ4n) is 2.74. The Labute approximate surface area is 153 Å². The molecule has 0 unspecified atom stereocenters. The molecule has 1 atom stereocenters. The molecule has 1 aliphatic rings. The number of hydrogen-bond donors (Lipinski definition) is 1. The number of nitrogens with one attached hydrogen (secondary N) is 1. The molecule has 1 saturated heterocycles. The molecule has 0 radical (unpaired) electrons. The first kappa shape index (κ1) is 18.8. The molecule has 8 heteroatoms. The van der Waals surface area contributed by atoms with Gasteiger partial charge in [0.2, 0.25) is 5.91 Å². The highest BCUT2D eigenvalue weighted by Crippen LogP contribution is 2.29. The van der Waals surface area contributed by atoms with Crippen LogP contribution < -0.4 is 5.32 Å². The Morgan fingerprint density at radius 3 is 2.37 bits per heavy atom. The molecule has 1 N–H and O–H groups in total. The zero-order valence-corrected chi connectivity index (χ0v) is 14.2. The molecule has 0 aliphatic carbocycles. The lowest BCUT2D eigenvalue weighted by molar-refractivity contribution is -0.137. The molecule has 27 heavy (non-hydrogen) atoms. The van der Waals surface area contributed by atoms with E-state index in [0.717, 1.165) is 17.7 Å². The van der Waals surface area contributed by atoms with Crippen LogP contribution in [0.25, 0.3) is 0 Å². The molecule has 0 saturated carbocycles. The summed E-state index contributed by atoms with van der Waals surface area (Å²) in [6.45, 7) is 0.193. The number of carbonyl (C=O) groups excluding carboxylic acids is 2. The highest BCUT2D eigenvalue weighted by molar-refractivity contribution is 5.87. The van der Waals surface area contributed by atoms with Gasteiger partial charge in [-0.25, -0.2) is 4.79 Å². The molecule has 0 spiro atoms. The summed E-state index contributed by atoms with van der Waals surface area (Å²) < 4.78 is 42.9. The highest BCUT2D eigenvalue weighted by atomic mass is 19.4. The maximum absolute atomic E-state index is 12.6. The molecule has 2 aromatic rings. The topological polar surface area (TPSA) is 58.6 Å². The summed E-state index contributed by atoms with van der Waals surface area (Å²) in [4.78, 5) is 25.6. The van der Waals surface area contributed by atoms with Gasteiger partial charge in [-0.1, -0.05) is 42.5 Å². The first-order valence-electron chi connectivity index (χ1n) is 8.26. The smallest absolute Gasteiger partial charge is 0.416 e. The third-order valence-corrected chi connectivity index (χ3v) is 4.22. The highest BCUT2D eigenvalue weighted by Gasteiger charge is 2.38. The standard InChI is InChI=1S/C19H17F3N2O3/c20-19(21,22)15-8-6-14(7-9-15)11-24-16(12-27-18(24)26)17(25)23-10-13-4-2-1-3-5-13/h1-9,16H,10-12H2,(H,23,25)/t16-/m0/s1. The Hall–Kier alpha value is -3.03. The number of ether oxygens (including phenoxy) is 1. The van der Waals surface area contributed by atoms with Gasteiger partial charge in [-0.3, -0.25) is 9.69 Å². The van der Waals surface area contributed by atoms with Crippen molar-refractivity contribution in [3.63, 3.8) is 0 Å². The van der Waals surface area contributed by atoms with E-state index in [-0.39, 0.29) is 19.1 Å². The zero-order chi connectivity index (χ0) is 19.4. The van der Waals surface area contributed by atoms with Crippen molar-refractivity contribution in [3.8, 4) is 0 Å². The number of benzene rings is 2. The third-order valence-electron chi connectivity index (χ3n) is 4.22. The number of amides is 2. The second kappa shape index (κ2) is 7.69. The van der Waals surface area contributed by atoms with E-state index in [2.05, 4.69) is 5.32 Å². The van der Waals surface area contributed by atoms with Crippen molar-refractivity contribution in [1.29, 1.82) is 0 Å². The third kappa shape index (κ3) is 4.58. The summed E-state index contributed by atoms with van der Waals surface area (Å²) in [5.74, 6) is -0.378. The Morgan fingerprint density at radius 1 is 1.07 bits per heavy atom. The van der Waals surface area contributed by atoms with Crippen LogP contribution in [0.5, 0.6) is 0 Å². The zero-order valence-electron chi connectivity index (χ0n) is 14.2. The minimum absolute atomic E-state index is 0.0135. The van der Waals surface area contributed by atoms with E-state index >= 15 is 0 Å². The summed E-state index contributed by atoms with van der Waals surface area (Å²) >= 11 is 0. The lowest BCUT2D eigenvalue weighted by atomic mass is 10.1. The number of cyclic esters (lactones) is 1. The van der Waals surface area contributed by atoms with Gasteiger partial charge in [0.1, 0.15) is 12.6 Å². The number of halogens is 3. The van der Waals surface area contributed by atoms with Crippen LogP contribution in [0.3, 0.4) is 0 Å². The van der Waals surface area contributed by atoms with Crippen molar-refractivity contribution >= 4 is 12.0 Å². The van der Waals surface area contributed by atoms with Crippen molar-refractivity contribution in [2.45, 2.75) is 25.3 Å². The fraction of sp³-hybridized carbons (Fsp3) is 0.263. The predicted molar refractivity (Wildman–Crippen MR) is 90.4 cm³/mol. The molecule has 5 nitrogen and oxygen atoms in total. The summed E-state index contributed by atoms with van der Waals surface area (Å²) in [5, 5.41) is 2.74. The van der Waals surface area contributed by atoms with Gasteiger partial charge in [0.15, 0.2) is 0 Å².